The maximum atomic E-state index is 13.4. The predicted molar refractivity (Wildman–Crippen MR) is 160 cm³/mol. The summed E-state index contributed by atoms with van der Waals surface area (Å²) in [6, 6.07) is 10.3. The quantitative estimate of drug-likeness (QED) is 0.551. The topological polar surface area (TPSA) is 116 Å². The zero-order valence-corrected chi connectivity index (χ0v) is 24.6. The number of aryl methyl sites for hydroxylation is 1. The third-order valence-electron chi connectivity index (χ3n) is 8.54. The number of carbonyl (C=O) groups excluding carboxylic acids is 2. The smallest absolute Gasteiger partial charge is 0.318 e. The largest absolute Gasteiger partial charge is 0.335 e. The van der Waals surface area contributed by atoms with Crippen LogP contribution < -0.4 is 15.5 Å². The summed E-state index contributed by atoms with van der Waals surface area (Å²) in [5, 5.41) is 6.57. The molecule has 3 atom stereocenters. The van der Waals surface area contributed by atoms with Crippen molar-refractivity contribution in [3.05, 3.63) is 52.9 Å². The van der Waals surface area contributed by atoms with Crippen LogP contribution in [0.3, 0.4) is 0 Å². The standard InChI is InChI=1S/C29H36N8O2.H2S/c1-5-24(38)23-12-9-13-36(23)27-32-17(2)31-26(35-27)34-25-20-16-37(29(3,4)21(20)15-30-25)28(39)33-22-14-19(22)18-10-7-6-8-11-18;/h6-8,10-11,19,22-23H,5,9,12-16H2,1-4H3,(H,33,39)(H,30,31,32,34,35);1H2/t19?,22?,23-;/m0./s1. The fraction of sp³-hybridized carbons (Fsp3) is 0.517. The van der Waals surface area contributed by atoms with E-state index in [1.54, 1.807) is 0 Å². The minimum absolute atomic E-state index is 0. The van der Waals surface area contributed by atoms with E-state index >= 15 is 0 Å². The number of urea groups is 1. The molecule has 1 aliphatic carbocycles. The molecule has 1 saturated carbocycles. The molecule has 10 nitrogen and oxygen atoms in total. The number of Topliss-reactive ketones (excluding diaryl/α,β-unsaturated/α-hetero) is 1. The molecule has 4 aliphatic rings. The predicted octanol–water partition coefficient (Wildman–Crippen LogP) is 3.72. The second-order valence-corrected chi connectivity index (χ2v) is 11.4. The Hall–Kier alpha value is -3.47. The van der Waals surface area contributed by atoms with Gasteiger partial charge in [-0.1, -0.05) is 37.3 Å². The van der Waals surface area contributed by atoms with E-state index in [1.807, 2.05) is 41.8 Å². The van der Waals surface area contributed by atoms with Crippen LogP contribution in [-0.4, -0.2) is 74.8 Å². The lowest BCUT2D eigenvalue weighted by molar-refractivity contribution is -0.119. The fourth-order valence-corrected chi connectivity index (χ4v) is 6.18. The number of hydrogen-bond donors (Lipinski definition) is 2. The van der Waals surface area contributed by atoms with Crippen molar-refractivity contribution in [2.45, 2.75) is 76.9 Å². The number of amides is 2. The van der Waals surface area contributed by atoms with Crippen molar-refractivity contribution in [2.75, 3.05) is 29.9 Å². The van der Waals surface area contributed by atoms with Gasteiger partial charge >= 0.3 is 6.03 Å². The first-order chi connectivity index (χ1) is 18.8. The number of carbonyl (C=O) groups is 2. The summed E-state index contributed by atoms with van der Waals surface area (Å²) in [6.45, 7) is 9.64. The number of rotatable bonds is 6. The number of hydrogen-bond acceptors (Lipinski definition) is 8. The number of benzene rings is 1. The van der Waals surface area contributed by atoms with Crippen molar-refractivity contribution >= 4 is 43.0 Å². The van der Waals surface area contributed by atoms with Gasteiger partial charge in [0.15, 0.2) is 5.78 Å². The molecule has 212 valence electrons. The van der Waals surface area contributed by atoms with Crippen molar-refractivity contribution in [3.63, 3.8) is 0 Å². The van der Waals surface area contributed by atoms with Gasteiger partial charge in [0.2, 0.25) is 11.9 Å². The molecule has 2 fully saturated rings. The third-order valence-corrected chi connectivity index (χ3v) is 8.54. The summed E-state index contributed by atoms with van der Waals surface area (Å²) >= 11 is 0. The summed E-state index contributed by atoms with van der Waals surface area (Å²) in [4.78, 5) is 48.3. The highest BCUT2D eigenvalue weighted by molar-refractivity contribution is 7.59. The highest BCUT2D eigenvalue weighted by Gasteiger charge is 2.48. The van der Waals surface area contributed by atoms with E-state index < -0.39 is 5.54 Å². The minimum Gasteiger partial charge on any atom is -0.335 e. The SMILES string of the molecule is CCC(=O)[C@@H]1CCCN1c1nc(C)nc(NC2=NCC3=C2CN(C(=O)NC2CC2c2ccccc2)C3(C)C)n1.S. The summed E-state index contributed by atoms with van der Waals surface area (Å²) in [7, 11) is 0. The number of aliphatic imine (C=N–C) groups is 1. The highest BCUT2D eigenvalue weighted by Crippen LogP contribution is 2.42. The Balaban J connectivity index is 0.00000323. The zero-order valence-electron chi connectivity index (χ0n) is 23.6. The zero-order chi connectivity index (χ0) is 27.3. The Morgan fingerprint density at radius 2 is 1.90 bits per heavy atom. The Labute approximate surface area is 242 Å². The van der Waals surface area contributed by atoms with E-state index in [9.17, 15) is 9.59 Å². The van der Waals surface area contributed by atoms with Crippen LogP contribution >= 0.6 is 13.5 Å². The van der Waals surface area contributed by atoms with Crippen molar-refractivity contribution < 1.29 is 9.59 Å². The molecule has 1 aromatic heterocycles. The Morgan fingerprint density at radius 3 is 2.65 bits per heavy atom. The van der Waals surface area contributed by atoms with E-state index in [0.29, 0.717) is 49.0 Å². The van der Waals surface area contributed by atoms with Crippen LogP contribution in [0.15, 0.2) is 46.5 Å². The van der Waals surface area contributed by atoms with Gasteiger partial charge in [0.1, 0.15) is 11.7 Å². The second-order valence-electron chi connectivity index (χ2n) is 11.4. The van der Waals surface area contributed by atoms with Gasteiger partial charge in [-0.05, 0) is 51.2 Å². The molecular weight excluding hydrogens is 524 g/mol. The average molecular weight is 563 g/mol. The molecule has 3 aliphatic heterocycles. The maximum absolute atomic E-state index is 13.4. The number of nitrogens with zero attached hydrogens (tertiary/aromatic N) is 6. The van der Waals surface area contributed by atoms with Crippen molar-refractivity contribution in [1.29, 1.82) is 0 Å². The van der Waals surface area contributed by atoms with E-state index in [4.69, 9.17) is 4.99 Å². The van der Waals surface area contributed by atoms with Gasteiger partial charge in [0.05, 0.1) is 24.7 Å². The van der Waals surface area contributed by atoms with Crippen LogP contribution in [0.25, 0.3) is 0 Å². The van der Waals surface area contributed by atoms with Crippen LogP contribution in [0.2, 0.25) is 0 Å². The van der Waals surface area contributed by atoms with E-state index in [2.05, 4.69) is 51.6 Å². The monoisotopic (exact) mass is 562 g/mol. The van der Waals surface area contributed by atoms with E-state index in [1.165, 1.54) is 5.56 Å². The molecule has 40 heavy (non-hydrogen) atoms. The lowest BCUT2D eigenvalue weighted by Gasteiger charge is -2.34. The van der Waals surface area contributed by atoms with Gasteiger partial charge < -0.3 is 20.4 Å². The molecule has 1 aromatic carbocycles. The highest BCUT2D eigenvalue weighted by atomic mass is 32.1. The third kappa shape index (κ3) is 5.07. The van der Waals surface area contributed by atoms with Crippen LogP contribution in [0.1, 0.15) is 63.8 Å². The van der Waals surface area contributed by atoms with Gasteiger partial charge in [-0.2, -0.15) is 28.4 Å². The summed E-state index contributed by atoms with van der Waals surface area (Å²) in [6.07, 6.45) is 3.22. The molecule has 4 heterocycles. The Morgan fingerprint density at radius 1 is 1.12 bits per heavy atom. The summed E-state index contributed by atoms with van der Waals surface area (Å²) in [5.41, 5.74) is 2.97. The molecule has 1 saturated heterocycles. The molecular formula is C29H38N8O2S. The van der Waals surface area contributed by atoms with Crippen LogP contribution in [0.4, 0.5) is 16.7 Å². The van der Waals surface area contributed by atoms with Crippen molar-refractivity contribution in [3.8, 4) is 0 Å². The number of anilines is 2. The van der Waals surface area contributed by atoms with Crippen molar-refractivity contribution in [1.82, 2.24) is 25.2 Å². The van der Waals surface area contributed by atoms with E-state index in [-0.39, 0.29) is 37.4 Å². The summed E-state index contributed by atoms with van der Waals surface area (Å²) < 4.78 is 0. The molecule has 0 radical (unpaired) electrons. The number of ketones is 1. The lowest BCUT2D eigenvalue weighted by Crippen LogP contribution is -2.51. The van der Waals surface area contributed by atoms with Gasteiger partial charge in [0.25, 0.3) is 0 Å². The normalized spacial score (nSPS) is 24.4. The van der Waals surface area contributed by atoms with Gasteiger partial charge in [-0.25, -0.2) is 4.79 Å². The average Bonchev–Trinajstić information content (AvgIpc) is 3.23. The molecule has 2 aromatic rings. The van der Waals surface area contributed by atoms with Crippen LogP contribution in [0, 0.1) is 6.92 Å². The Bertz CT molecular complexity index is 1380. The van der Waals surface area contributed by atoms with E-state index in [0.717, 1.165) is 37.0 Å². The van der Waals surface area contributed by atoms with Gasteiger partial charge in [-0.3, -0.25) is 9.79 Å². The fourth-order valence-electron chi connectivity index (χ4n) is 6.18. The number of amidine groups is 1. The number of nitrogens with one attached hydrogen (secondary N) is 2. The molecule has 0 bridgehead atoms. The molecule has 2 unspecified atom stereocenters. The van der Waals surface area contributed by atoms with Crippen LogP contribution in [0.5, 0.6) is 0 Å². The van der Waals surface area contributed by atoms with Gasteiger partial charge in [0, 0.05) is 30.5 Å². The summed E-state index contributed by atoms with van der Waals surface area (Å²) in [5.74, 6) is 2.79. The first-order valence-corrected chi connectivity index (χ1v) is 14.0. The first-order valence-electron chi connectivity index (χ1n) is 14.0. The Kier molecular flexibility index (Phi) is 7.60. The maximum Gasteiger partial charge on any atom is 0.318 e. The minimum atomic E-state index is -0.451. The molecule has 2 amide bonds. The second kappa shape index (κ2) is 10.8. The number of aromatic nitrogens is 3. The first kappa shape index (κ1) is 28.1. The molecule has 6 rings (SSSR count). The molecule has 2 N–H and O–H groups in total. The van der Waals surface area contributed by atoms with Gasteiger partial charge in [-0.15, -0.1) is 0 Å². The molecule has 0 spiro atoms. The molecule has 11 heteroatoms. The van der Waals surface area contributed by atoms with Crippen LogP contribution in [-0.2, 0) is 4.79 Å². The van der Waals surface area contributed by atoms with Crippen molar-refractivity contribution in [2.24, 2.45) is 4.99 Å². The lowest BCUT2D eigenvalue weighted by atomic mass is 9.94.